The van der Waals surface area contributed by atoms with Crippen LogP contribution in [0.4, 0.5) is 0 Å². The first-order chi connectivity index (χ1) is 11.2. The summed E-state index contributed by atoms with van der Waals surface area (Å²) in [6.07, 6.45) is 4.19. The zero-order chi connectivity index (χ0) is 16.2. The van der Waals surface area contributed by atoms with Crippen LogP contribution in [0.5, 0.6) is 5.88 Å². The van der Waals surface area contributed by atoms with Crippen LogP contribution in [-0.4, -0.2) is 27.5 Å². The van der Waals surface area contributed by atoms with Crippen molar-refractivity contribution in [3.8, 4) is 5.88 Å². The average molecular weight is 314 g/mol. The second kappa shape index (κ2) is 6.81. The number of H-pyrrole nitrogens is 1. The first-order valence-electron chi connectivity index (χ1n) is 8.05. The van der Waals surface area contributed by atoms with Crippen LogP contribution < -0.4 is 10.1 Å². The molecular formula is C17H22N4O2. The van der Waals surface area contributed by atoms with Gasteiger partial charge >= 0.3 is 0 Å². The minimum atomic E-state index is 0.0120. The van der Waals surface area contributed by atoms with Crippen LogP contribution >= 0.6 is 0 Å². The fraction of sp³-hybridized carbons (Fsp3) is 0.471. The number of ether oxygens (including phenoxy) is 1. The number of rotatable bonds is 5. The predicted octanol–water partition coefficient (Wildman–Crippen LogP) is 1.93. The second-order valence-corrected chi connectivity index (χ2v) is 5.84. The summed E-state index contributed by atoms with van der Waals surface area (Å²) in [6, 6.07) is 3.75. The molecule has 0 aromatic carbocycles. The van der Waals surface area contributed by atoms with Crippen molar-refractivity contribution in [3.63, 3.8) is 0 Å². The highest BCUT2D eigenvalue weighted by Crippen LogP contribution is 2.24. The van der Waals surface area contributed by atoms with Crippen molar-refractivity contribution in [2.45, 2.75) is 39.7 Å². The van der Waals surface area contributed by atoms with Crippen LogP contribution in [-0.2, 0) is 24.2 Å². The van der Waals surface area contributed by atoms with Gasteiger partial charge in [0.2, 0.25) is 11.8 Å². The molecule has 1 amide bonds. The number of hydrogen-bond donors (Lipinski definition) is 2. The Bertz CT molecular complexity index is 678. The standard InChI is InChI=1S/C17H22N4O2/c1-3-23-16-7-4-12(9-18-16)10-19-17(22)13-5-6-14-15(8-13)21-11(2)20-14/h4,7,9,13H,3,5-6,8,10H2,1-2H3,(H,19,22)(H,20,21). The lowest BCUT2D eigenvalue weighted by molar-refractivity contribution is -0.125. The first-order valence-corrected chi connectivity index (χ1v) is 8.05. The van der Waals surface area contributed by atoms with Gasteiger partial charge in [-0.05, 0) is 32.3 Å². The number of nitrogens with zero attached hydrogens (tertiary/aromatic N) is 2. The molecule has 0 saturated carbocycles. The van der Waals surface area contributed by atoms with Gasteiger partial charge in [-0.1, -0.05) is 6.07 Å². The maximum Gasteiger partial charge on any atom is 0.223 e. The van der Waals surface area contributed by atoms with Gasteiger partial charge in [-0.25, -0.2) is 9.97 Å². The van der Waals surface area contributed by atoms with Gasteiger partial charge in [0.05, 0.1) is 12.3 Å². The third-order valence-electron chi connectivity index (χ3n) is 4.09. The summed E-state index contributed by atoms with van der Waals surface area (Å²) in [5, 5.41) is 3.00. The van der Waals surface area contributed by atoms with E-state index in [1.807, 2.05) is 26.0 Å². The summed E-state index contributed by atoms with van der Waals surface area (Å²) < 4.78 is 5.31. The molecule has 23 heavy (non-hydrogen) atoms. The van der Waals surface area contributed by atoms with E-state index in [1.54, 1.807) is 6.20 Å². The van der Waals surface area contributed by atoms with Crippen molar-refractivity contribution in [1.29, 1.82) is 0 Å². The number of aromatic nitrogens is 3. The number of nitrogens with one attached hydrogen (secondary N) is 2. The van der Waals surface area contributed by atoms with Gasteiger partial charge in [-0.2, -0.15) is 0 Å². The smallest absolute Gasteiger partial charge is 0.223 e. The Kier molecular flexibility index (Phi) is 4.60. The molecule has 1 atom stereocenters. The molecule has 1 aliphatic carbocycles. The minimum Gasteiger partial charge on any atom is -0.478 e. The Labute approximate surface area is 135 Å². The molecule has 1 unspecified atom stereocenters. The van der Waals surface area contributed by atoms with E-state index in [-0.39, 0.29) is 11.8 Å². The molecular weight excluding hydrogens is 292 g/mol. The Morgan fingerprint density at radius 1 is 1.48 bits per heavy atom. The van der Waals surface area contributed by atoms with Crippen molar-refractivity contribution in [2.24, 2.45) is 5.92 Å². The molecule has 0 aliphatic heterocycles. The van der Waals surface area contributed by atoms with E-state index in [1.165, 1.54) is 0 Å². The molecule has 0 fully saturated rings. The number of imidazole rings is 1. The SMILES string of the molecule is CCOc1ccc(CNC(=O)C2CCc3nc(C)[nH]c3C2)cn1. The molecule has 1 aliphatic rings. The van der Waals surface area contributed by atoms with E-state index in [2.05, 4.69) is 20.3 Å². The van der Waals surface area contributed by atoms with Crippen LogP contribution in [0.25, 0.3) is 0 Å². The highest BCUT2D eigenvalue weighted by atomic mass is 16.5. The molecule has 0 radical (unpaired) electrons. The van der Waals surface area contributed by atoms with Gasteiger partial charge in [0, 0.05) is 36.8 Å². The van der Waals surface area contributed by atoms with Gasteiger partial charge in [-0.15, -0.1) is 0 Å². The number of aromatic amines is 1. The highest BCUT2D eigenvalue weighted by molar-refractivity contribution is 5.79. The Hall–Kier alpha value is -2.37. The number of amides is 1. The van der Waals surface area contributed by atoms with E-state index < -0.39 is 0 Å². The van der Waals surface area contributed by atoms with Gasteiger partial charge in [0.25, 0.3) is 0 Å². The zero-order valence-electron chi connectivity index (χ0n) is 13.6. The largest absolute Gasteiger partial charge is 0.478 e. The molecule has 2 aromatic heterocycles. The maximum absolute atomic E-state index is 12.4. The second-order valence-electron chi connectivity index (χ2n) is 5.84. The fourth-order valence-corrected chi connectivity index (χ4v) is 2.93. The lowest BCUT2D eigenvalue weighted by atomic mass is 9.89. The molecule has 2 heterocycles. The molecule has 122 valence electrons. The summed E-state index contributed by atoms with van der Waals surface area (Å²) in [4.78, 5) is 24.3. The van der Waals surface area contributed by atoms with E-state index in [4.69, 9.17) is 4.74 Å². The van der Waals surface area contributed by atoms with Crippen molar-refractivity contribution in [1.82, 2.24) is 20.3 Å². The fourth-order valence-electron chi connectivity index (χ4n) is 2.93. The third-order valence-corrected chi connectivity index (χ3v) is 4.09. The molecule has 2 N–H and O–H groups in total. The van der Waals surface area contributed by atoms with E-state index in [0.29, 0.717) is 19.0 Å². The first kappa shape index (κ1) is 15.5. The number of pyridine rings is 1. The van der Waals surface area contributed by atoms with Crippen molar-refractivity contribution in [3.05, 3.63) is 41.1 Å². The number of aryl methyl sites for hydroxylation is 2. The summed E-state index contributed by atoms with van der Waals surface area (Å²) in [5.74, 6) is 1.64. The quantitative estimate of drug-likeness (QED) is 0.884. The lowest BCUT2D eigenvalue weighted by Gasteiger charge is -2.20. The Morgan fingerprint density at radius 3 is 3.09 bits per heavy atom. The van der Waals surface area contributed by atoms with Gasteiger partial charge in [0.1, 0.15) is 5.82 Å². The molecule has 2 aromatic rings. The van der Waals surface area contributed by atoms with E-state index in [9.17, 15) is 4.79 Å². The summed E-state index contributed by atoms with van der Waals surface area (Å²) in [7, 11) is 0. The van der Waals surface area contributed by atoms with Crippen LogP contribution in [0.3, 0.4) is 0 Å². The Morgan fingerprint density at radius 2 is 2.35 bits per heavy atom. The third kappa shape index (κ3) is 3.70. The Balaban J connectivity index is 1.53. The van der Waals surface area contributed by atoms with Gasteiger partial charge < -0.3 is 15.0 Å². The molecule has 3 rings (SSSR count). The number of fused-ring (bicyclic) bond motifs is 1. The molecule has 6 nitrogen and oxygen atoms in total. The number of carbonyl (C=O) groups is 1. The average Bonchev–Trinajstić information content (AvgIpc) is 2.93. The van der Waals surface area contributed by atoms with E-state index in [0.717, 1.165) is 42.0 Å². The summed E-state index contributed by atoms with van der Waals surface area (Å²) >= 11 is 0. The van der Waals surface area contributed by atoms with Crippen molar-refractivity contribution in [2.75, 3.05) is 6.61 Å². The number of carbonyl (C=O) groups excluding carboxylic acids is 1. The minimum absolute atomic E-state index is 0.0120. The topological polar surface area (TPSA) is 79.9 Å². The van der Waals surface area contributed by atoms with Crippen molar-refractivity contribution >= 4 is 5.91 Å². The monoisotopic (exact) mass is 314 g/mol. The van der Waals surface area contributed by atoms with Crippen LogP contribution in [0, 0.1) is 12.8 Å². The molecule has 0 spiro atoms. The van der Waals surface area contributed by atoms with Gasteiger partial charge in [-0.3, -0.25) is 4.79 Å². The normalized spacial score (nSPS) is 16.7. The number of hydrogen-bond acceptors (Lipinski definition) is 4. The van der Waals surface area contributed by atoms with Crippen LogP contribution in [0.15, 0.2) is 18.3 Å². The summed E-state index contributed by atoms with van der Waals surface area (Å²) in [6.45, 7) is 4.96. The zero-order valence-corrected chi connectivity index (χ0v) is 13.6. The molecule has 6 heteroatoms. The van der Waals surface area contributed by atoms with Gasteiger partial charge in [0.15, 0.2) is 0 Å². The highest BCUT2D eigenvalue weighted by Gasteiger charge is 2.26. The van der Waals surface area contributed by atoms with Crippen LogP contribution in [0.1, 0.15) is 36.1 Å². The van der Waals surface area contributed by atoms with Crippen LogP contribution in [0.2, 0.25) is 0 Å². The molecule has 0 saturated heterocycles. The lowest BCUT2D eigenvalue weighted by Crippen LogP contribution is -2.33. The predicted molar refractivity (Wildman–Crippen MR) is 86.1 cm³/mol. The van der Waals surface area contributed by atoms with E-state index >= 15 is 0 Å². The maximum atomic E-state index is 12.4. The summed E-state index contributed by atoms with van der Waals surface area (Å²) in [5.41, 5.74) is 3.19. The van der Waals surface area contributed by atoms with Crippen molar-refractivity contribution < 1.29 is 9.53 Å². The molecule has 0 bridgehead atoms.